The van der Waals surface area contributed by atoms with Crippen LogP contribution in [0, 0.1) is 6.92 Å². The molecule has 7 heteroatoms. The summed E-state index contributed by atoms with van der Waals surface area (Å²) in [5, 5.41) is 0.499. The van der Waals surface area contributed by atoms with Gasteiger partial charge >= 0.3 is 6.09 Å². The molecule has 0 N–H and O–H groups in total. The molecule has 0 bridgehead atoms. The van der Waals surface area contributed by atoms with Crippen LogP contribution >= 0.6 is 0 Å². The van der Waals surface area contributed by atoms with Gasteiger partial charge in [0.1, 0.15) is 10.6 Å². The van der Waals surface area contributed by atoms with Crippen LogP contribution in [0.25, 0.3) is 0 Å². The predicted octanol–water partition coefficient (Wildman–Crippen LogP) is 2.29. The molecule has 0 aliphatic carbocycles. The molecule has 6 nitrogen and oxygen atoms in total. The van der Waals surface area contributed by atoms with Gasteiger partial charge in [-0.15, -0.1) is 0 Å². The van der Waals surface area contributed by atoms with Crippen molar-refractivity contribution in [3.63, 3.8) is 0 Å². The lowest BCUT2D eigenvalue weighted by Gasteiger charge is -2.28. The van der Waals surface area contributed by atoms with Crippen LogP contribution in [0.5, 0.6) is 0 Å². The second-order valence-electron chi connectivity index (χ2n) is 6.43. The first kappa shape index (κ1) is 16.9. The number of aryl methyl sites for hydroxylation is 1. The topological polar surface area (TPSA) is 72.4 Å². The largest absolute Gasteiger partial charge is 0.444 e. The number of nitrogens with zero attached hydrogens (tertiary/aromatic N) is 3. The zero-order valence-electron chi connectivity index (χ0n) is 13.5. The molecular formula is C15H23N3O3S. The minimum Gasteiger partial charge on any atom is -0.444 e. The molecule has 2 rings (SSSR count). The van der Waals surface area contributed by atoms with Crippen LogP contribution in [0.4, 0.5) is 4.79 Å². The summed E-state index contributed by atoms with van der Waals surface area (Å²) in [7, 11) is -1.27. The molecule has 2 heterocycles. The quantitative estimate of drug-likeness (QED) is 0.852. The van der Waals surface area contributed by atoms with Crippen molar-refractivity contribution in [2.45, 2.75) is 57.2 Å². The molecule has 1 aromatic heterocycles. The Morgan fingerprint density at radius 2 is 2.09 bits per heavy atom. The Kier molecular flexibility index (Phi) is 5.16. The molecule has 0 aromatic carbocycles. The van der Waals surface area contributed by atoms with Crippen molar-refractivity contribution < 1.29 is 13.7 Å². The molecule has 0 saturated carbocycles. The third-order valence-electron chi connectivity index (χ3n) is 3.40. The molecule has 1 fully saturated rings. The van der Waals surface area contributed by atoms with E-state index in [4.69, 9.17) is 4.74 Å². The number of aromatic nitrogens is 2. The van der Waals surface area contributed by atoms with Gasteiger partial charge in [-0.05, 0) is 40.5 Å². The Morgan fingerprint density at radius 1 is 1.41 bits per heavy atom. The van der Waals surface area contributed by atoms with E-state index in [0.29, 0.717) is 23.0 Å². The van der Waals surface area contributed by atoms with Gasteiger partial charge in [0.15, 0.2) is 0 Å². The van der Waals surface area contributed by atoms with Crippen molar-refractivity contribution in [3.05, 3.63) is 18.1 Å². The molecule has 22 heavy (non-hydrogen) atoms. The second-order valence-corrected chi connectivity index (χ2v) is 7.84. The molecule has 2 atom stereocenters. The Labute approximate surface area is 133 Å². The molecule has 2 unspecified atom stereocenters. The van der Waals surface area contributed by atoms with Crippen LogP contribution in [0.15, 0.2) is 17.4 Å². The lowest BCUT2D eigenvalue weighted by Crippen LogP contribution is -2.42. The highest BCUT2D eigenvalue weighted by atomic mass is 32.2. The molecule has 1 aromatic rings. The number of amides is 1. The number of hydrogen-bond acceptors (Lipinski definition) is 5. The molecule has 1 saturated heterocycles. The van der Waals surface area contributed by atoms with Crippen molar-refractivity contribution in [1.82, 2.24) is 14.9 Å². The molecular weight excluding hydrogens is 302 g/mol. The molecule has 1 aliphatic heterocycles. The Morgan fingerprint density at radius 3 is 2.73 bits per heavy atom. The van der Waals surface area contributed by atoms with Gasteiger partial charge in [0.25, 0.3) is 0 Å². The van der Waals surface area contributed by atoms with Gasteiger partial charge in [-0.1, -0.05) is 0 Å². The van der Waals surface area contributed by atoms with E-state index >= 15 is 0 Å². The van der Waals surface area contributed by atoms with Gasteiger partial charge in [-0.2, -0.15) is 0 Å². The lowest BCUT2D eigenvalue weighted by atomic mass is 10.2. The normalized spacial score (nSPS) is 20.0. The molecule has 0 radical (unpaired) electrons. The van der Waals surface area contributed by atoms with Gasteiger partial charge in [-0.3, -0.25) is 9.19 Å². The first-order valence-electron chi connectivity index (χ1n) is 7.43. The average molecular weight is 325 g/mol. The summed E-state index contributed by atoms with van der Waals surface area (Å²) in [6.45, 7) is 7.97. The number of carbonyl (C=O) groups excluding carboxylic acids is 1. The number of likely N-dealkylation sites (tertiary alicyclic amines) is 1. The second kappa shape index (κ2) is 6.73. The van der Waals surface area contributed by atoms with E-state index in [2.05, 4.69) is 9.97 Å². The highest BCUT2D eigenvalue weighted by Gasteiger charge is 2.33. The van der Waals surface area contributed by atoms with E-state index in [1.165, 1.54) is 0 Å². The summed E-state index contributed by atoms with van der Waals surface area (Å²) in [4.78, 5) is 22.2. The first-order chi connectivity index (χ1) is 10.3. The number of ether oxygens (including phenoxy) is 1. The smallest absolute Gasteiger partial charge is 0.410 e. The van der Waals surface area contributed by atoms with Crippen LogP contribution in [-0.2, 0) is 15.5 Å². The van der Waals surface area contributed by atoms with E-state index < -0.39 is 16.4 Å². The van der Waals surface area contributed by atoms with E-state index in [0.717, 1.165) is 12.8 Å². The van der Waals surface area contributed by atoms with Crippen molar-refractivity contribution >= 4 is 16.9 Å². The van der Waals surface area contributed by atoms with Gasteiger partial charge < -0.3 is 9.64 Å². The van der Waals surface area contributed by atoms with E-state index in [9.17, 15) is 9.00 Å². The van der Waals surface area contributed by atoms with E-state index in [1.54, 1.807) is 24.2 Å². The average Bonchev–Trinajstić information content (AvgIpc) is 2.85. The number of carbonyl (C=O) groups is 1. The van der Waals surface area contributed by atoms with E-state index in [-0.39, 0.29) is 12.1 Å². The fraction of sp³-hybridized carbons (Fsp3) is 0.667. The Balaban J connectivity index is 2.04. The summed E-state index contributed by atoms with van der Waals surface area (Å²) >= 11 is 0. The summed E-state index contributed by atoms with van der Waals surface area (Å²) in [6, 6.07) is -0.0721. The van der Waals surface area contributed by atoms with Gasteiger partial charge in [0.2, 0.25) is 0 Å². The fourth-order valence-corrected chi connectivity index (χ4v) is 3.86. The van der Waals surface area contributed by atoms with Crippen molar-refractivity contribution in [1.29, 1.82) is 0 Å². The standard InChI is InChI=1S/C15H23N3O3S/c1-11-13(17-8-7-16-11)22(20)10-12-6-5-9-18(12)14(19)21-15(2,3)4/h7-8,12H,5-6,9-10H2,1-4H3. The monoisotopic (exact) mass is 325 g/mol. The lowest BCUT2D eigenvalue weighted by molar-refractivity contribution is 0.0241. The zero-order valence-corrected chi connectivity index (χ0v) is 14.4. The maximum Gasteiger partial charge on any atom is 0.410 e. The molecule has 1 amide bonds. The summed E-state index contributed by atoms with van der Waals surface area (Å²) < 4.78 is 17.9. The highest BCUT2D eigenvalue weighted by molar-refractivity contribution is 7.85. The Bertz CT molecular complexity index is 571. The SMILES string of the molecule is Cc1nccnc1S(=O)CC1CCCN1C(=O)OC(C)(C)C. The van der Waals surface area contributed by atoms with Crippen molar-refractivity contribution in [2.24, 2.45) is 0 Å². The summed E-state index contributed by atoms with van der Waals surface area (Å²) in [6.07, 6.45) is 4.53. The van der Waals surface area contributed by atoms with Crippen LogP contribution in [0.1, 0.15) is 39.3 Å². The third kappa shape index (κ3) is 4.25. The van der Waals surface area contributed by atoms with Crippen molar-refractivity contribution in [2.75, 3.05) is 12.3 Å². The fourth-order valence-electron chi connectivity index (χ4n) is 2.44. The third-order valence-corrected chi connectivity index (χ3v) is 4.92. The van der Waals surface area contributed by atoms with Crippen LogP contribution < -0.4 is 0 Å². The maximum absolute atomic E-state index is 12.5. The van der Waals surface area contributed by atoms with Crippen LogP contribution in [0.2, 0.25) is 0 Å². The number of hydrogen-bond donors (Lipinski definition) is 0. The van der Waals surface area contributed by atoms with Crippen LogP contribution in [-0.4, -0.2) is 49.1 Å². The summed E-state index contributed by atoms with van der Waals surface area (Å²) in [5.74, 6) is 0.374. The Hall–Kier alpha value is -1.50. The van der Waals surface area contributed by atoms with Gasteiger partial charge in [0, 0.05) is 25.0 Å². The summed E-state index contributed by atoms with van der Waals surface area (Å²) in [5.41, 5.74) is 0.146. The molecule has 0 spiro atoms. The predicted molar refractivity (Wildman–Crippen MR) is 84.0 cm³/mol. The minimum absolute atomic E-state index is 0.0721. The molecule has 1 aliphatic rings. The van der Waals surface area contributed by atoms with Crippen molar-refractivity contribution in [3.8, 4) is 0 Å². The molecule has 122 valence electrons. The zero-order chi connectivity index (χ0) is 16.3. The van der Waals surface area contributed by atoms with Gasteiger partial charge in [-0.25, -0.2) is 9.78 Å². The minimum atomic E-state index is -1.27. The van der Waals surface area contributed by atoms with Crippen LogP contribution in [0.3, 0.4) is 0 Å². The highest BCUT2D eigenvalue weighted by Crippen LogP contribution is 2.23. The number of rotatable bonds is 3. The van der Waals surface area contributed by atoms with E-state index in [1.807, 2.05) is 20.8 Å². The first-order valence-corrected chi connectivity index (χ1v) is 8.75. The van der Waals surface area contributed by atoms with Gasteiger partial charge in [0.05, 0.1) is 22.2 Å². The maximum atomic E-state index is 12.5.